The third kappa shape index (κ3) is 4.01. The van der Waals surface area contributed by atoms with Gasteiger partial charge in [-0.3, -0.25) is 0 Å². The van der Waals surface area contributed by atoms with Crippen molar-refractivity contribution in [1.82, 2.24) is 9.97 Å². The minimum Gasteiger partial charge on any atom is -0.456 e. The molecule has 1 atom stereocenters. The van der Waals surface area contributed by atoms with Gasteiger partial charge in [0.05, 0.1) is 5.69 Å². The number of thiophene rings is 1. The molecule has 8 aromatic carbocycles. The van der Waals surface area contributed by atoms with Crippen molar-refractivity contribution in [1.29, 1.82) is 0 Å². The number of furan rings is 1. The van der Waals surface area contributed by atoms with E-state index in [4.69, 9.17) is 14.4 Å². The van der Waals surface area contributed by atoms with E-state index in [1.54, 1.807) is 11.3 Å². The van der Waals surface area contributed by atoms with E-state index in [0.29, 0.717) is 0 Å². The molecule has 0 N–H and O–H groups in total. The second-order valence-corrected chi connectivity index (χ2v) is 15.6. The molecule has 0 aliphatic heterocycles. The van der Waals surface area contributed by atoms with Crippen LogP contribution in [0.15, 0.2) is 168 Å². The Kier molecular flexibility index (Phi) is 6.07. The number of nitrogens with zero attached hydrogens (tertiary/aromatic N) is 2. The van der Waals surface area contributed by atoms with E-state index in [2.05, 4.69) is 165 Å². The molecule has 0 saturated carbocycles. The number of aromatic nitrogens is 2. The predicted molar refractivity (Wildman–Crippen MR) is 226 cm³/mol. The first-order valence-corrected chi connectivity index (χ1v) is 19.2. The second-order valence-electron chi connectivity index (χ2n) is 14.6. The van der Waals surface area contributed by atoms with Crippen LogP contribution in [0.4, 0.5) is 0 Å². The fourth-order valence-corrected chi connectivity index (χ4v) is 10.4. The first-order chi connectivity index (χ1) is 26.6. The van der Waals surface area contributed by atoms with Gasteiger partial charge in [0.15, 0.2) is 5.82 Å². The monoisotopic (exact) mass is 706 g/mol. The second kappa shape index (κ2) is 11.0. The first-order valence-electron chi connectivity index (χ1n) is 18.4. The topological polar surface area (TPSA) is 38.9 Å². The SMILES string of the molecule is CC1(c2ccccc2)c2cc3oc4ccccc4c3cc2-c2cccc(-c3nc(-c4cc5ccccc5c5ccccc45)nc4sc5ccccc5c34)c21. The van der Waals surface area contributed by atoms with Gasteiger partial charge in [0, 0.05) is 42.8 Å². The molecule has 1 aliphatic rings. The average molecular weight is 707 g/mol. The Balaban J connectivity index is 1.21. The van der Waals surface area contributed by atoms with Gasteiger partial charge in [-0.05, 0) is 86.6 Å². The van der Waals surface area contributed by atoms with Crippen molar-refractivity contribution in [2.45, 2.75) is 12.3 Å². The van der Waals surface area contributed by atoms with Crippen molar-refractivity contribution >= 4 is 75.1 Å². The highest BCUT2D eigenvalue weighted by molar-refractivity contribution is 7.25. The Morgan fingerprint density at radius 1 is 0.500 bits per heavy atom. The van der Waals surface area contributed by atoms with Crippen molar-refractivity contribution < 1.29 is 4.42 Å². The molecule has 0 saturated heterocycles. The van der Waals surface area contributed by atoms with Crippen LogP contribution in [0.1, 0.15) is 23.6 Å². The number of rotatable bonds is 3. The summed E-state index contributed by atoms with van der Waals surface area (Å²) in [5.41, 5.74) is 10.6. The lowest BCUT2D eigenvalue weighted by Gasteiger charge is -2.30. The molecule has 3 heterocycles. The molecule has 3 nitrogen and oxygen atoms in total. The Labute approximate surface area is 314 Å². The molecule has 54 heavy (non-hydrogen) atoms. The normalized spacial score (nSPS) is 15.2. The van der Waals surface area contributed by atoms with Crippen LogP contribution in [0.5, 0.6) is 0 Å². The third-order valence-corrected chi connectivity index (χ3v) is 12.8. The number of fused-ring (bicyclic) bond motifs is 12. The lowest BCUT2D eigenvalue weighted by Crippen LogP contribution is -2.23. The fraction of sp³-hybridized carbons (Fsp3) is 0.0400. The van der Waals surface area contributed by atoms with Crippen LogP contribution in [0, 0.1) is 0 Å². The first kappa shape index (κ1) is 29.9. The molecule has 12 rings (SSSR count). The zero-order chi connectivity index (χ0) is 35.5. The quantitative estimate of drug-likeness (QED) is 0.172. The van der Waals surface area contributed by atoms with E-state index in [1.165, 1.54) is 54.1 Å². The van der Waals surface area contributed by atoms with E-state index in [-0.39, 0.29) is 0 Å². The Morgan fingerprint density at radius 3 is 2.07 bits per heavy atom. The van der Waals surface area contributed by atoms with E-state index in [0.717, 1.165) is 60.2 Å². The number of hydrogen-bond donors (Lipinski definition) is 0. The van der Waals surface area contributed by atoms with Gasteiger partial charge in [-0.25, -0.2) is 9.97 Å². The summed E-state index contributed by atoms with van der Waals surface area (Å²) >= 11 is 1.75. The zero-order valence-corrected chi connectivity index (χ0v) is 30.1. The molecule has 0 amide bonds. The summed E-state index contributed by atoms with van der Waals surface area (Å²) < 4.78 is 7.73. The summed E-state index contributed by atoms with van der Waals surface area (Å²) in [6, 6.07) is 58.9. The van der Waals surface area contributed by atoms with Gasteiger partial charge in [-0.1, -0.05) is 133 Å². The standard InChI is InChI=1S/C50H30N2OS/c1-50(30-15-3-2-4-16-30)41-28-43-39(34-20-9-11-24-42(34)53-43)27-38(41)35-22-13-23-37(46(35)50)47-45-36-21-10-12-25-44(36)54-49(45)52-48(51-47)40-26-29-14-5-6-17-31(29)32-18-7-8-19-33(32)40/h2-28H,1H3. The van der Waals surface area contributed by atoms with Gasteiger partial charge >= 0.3 is 0 Å². The van der Waals surface area contributed by atoms with Gasteiger partial charge < -0.3 is 4.42 Å². The van der Waals surface area contributed by atoms with Crippen molar-refractivity contribution in [3.8, 4) is 33.8 Å². The van der Waals surface area contributed by atoms with Crippen LogP contribution >= 0.6 is 11.3 Å². The molecule has 11 aromatic rings. The molecular weight excluding hydrogens is 677 g/mol. The largest absolute Gasteiger partial charge is 0.456 e. The predicted octanol–water partition coefficient (Wildman–Crippen LogP) is 13.7. The van der Waals surface area contributed by atoms with Crippen molar-refractivity contribution in [3.63, 3.8) is 0 Å². The Hall–Kier alpha value is -6.62. The molecule has 252 valence electrons. The molecule has 0 fully saturated rings. The smallest absolute Gasteiger partial charge is 0.162 e. The van der Waals surface area contributed by atoms with Gasteiger partial charge in [0.1, 0.15) is 16.0 Å². The summed E-state index contributed by atoms with van der Waals surface area (Å²) in [6.45, 7) is 2.38. The lowest BCUT2D eigenvalue weighted by molar-refractivity contribution is 0.663. The van der Waals surface area contributed by atoms with E-state index >= 15 is 0 Å². The maximum Gasteiger partial charge on any atom is 0.162 e. The van der Waals surface area contributed by atoms with Crippen molar-refractivity contribution in [2.75, 3.05) is 0 Å². The van der Waals surface area contributed by atoms with Gasteiger partial charge in [-0.15, -0.1) is 11.3 Å². The van der Waals surface area contributed by atoms with E-state index in [9.17, 15) is 0 Å². The highest BCUT2D eigenvalue weighted by Crippen LogP contribution is 2.57. The maximum absolute atomic E-state index is 6.53. The molecule has 0 radical (unpaired) electrons. The molecule has 1 unspecified atom stereocenters. The van der Waals surface area contributed by atoms with Crippen LogP contribution in [0.25, 0.3) is 97.6 Å². The molecule has 3 aromatic heterocycles. The van der Waals surface area contributed by atoms with Crippen molar-refractivity contribution in [3.05, 3.63) is 180 Å². The van der Waals surface area contributed by atoms with Crippen LogP contribution in [0.3, 0.4) is 0 Å². The number of benzene rings is 8. The van der Waals surface area contributed by atoms with Crippen LogP contribution in [0.2, 0.25) is 0 Å². The highest BCUT2D eigenvalue weighted by atomic mass is 32.1. The zero-order valence-electron chi connectivity index (χ0n) is 29.3. The van der Waals surface area contributed by atoms with Crippen molar-refractivity contribution in [2.24, 2.45) is 0 Å². The molecule has 0 spiro atoms. The Morgan fingerprint density at radius 2 is 1.20 bits per heavy atom. The summed E-state index contributed by atoms with van der Waals surface area (Å²) in [5.74, 6) is 0.740. The molecular formula is C50H30N2OS. The summed E-state index contributed by atoms with van der Waals surface area (Å²) in [6.07, 6.45) is 0. The maximum atomic E-state index is 6.53. The van der Waals surface area contributed by atoms with Crippen LogP contribution in [-0.4, -0.2) is 9.97 Å². The minimum atomic E-state index is -0.491. The summed E-state index contributed by atoms with van der Waals surface area (Å²) in [5, 5.41) is 9.32. The summed E-state index contributed by atoms with van der Waals surface area (Å²) in [4.78, 5) is 12.1. The molecule has 1 aliphatic carbocycles. The number of para-hydroxylation sites is 1. The lowest BCUT2D eigenvalue weighted by atomic mass is 9.72. The van der Waals surface area contributed by atoms with Crippen LogP contribution in [-0.2, 0) is 5.41 Å². The fourth-order valence-electron chi connectivity index (χ4n) is 9.30. The van der Waals surface area contributed by atoms with Crippen LogP contribution < -0.4 is 0 Å². The average Bonchev–Trinajstić information content (AvgIpc) is 3.88. The van der Waals surface area contributed by atoms with Gasteiger partial charge in [0.25, 0.3) is 0 Å². The third-order valence-electron chi connectivity index (χ3n) is 11.8. The van der Waals surface area contributed by atoms with E-state index in [1.807, 2.05) is 6.07 Å². The Bertz CT molecular complexity index is 3360. The highest BCUT2D eigenvalue weighted by Gasteiger charge is 2.44. The van der Waals surface area contributed by atoms with Gasteiger partial charge in [-0.2, -0.15) is 0 Å². The molecule has 4 heteroatoms. The molecule has 0 bridgehead atoms. The minimum absolute atomic E-state index is 0.491. The summed E-state index contributed by atoms with van der Waals surface area (Å²) in [7, 11) is 0. The van der Waals surface area contributed by atoms with E-state index < -0.39 is 5.41 Å². The van der Waals surface area contributed by atoms with Gasteiger partial charge in [0.2, 0.25) is 0 Å². The number of hydrogen-bond acceptors (Lipinski definition) is 4.